The van der Waals surface area contributed by atoms with E-state index >= 15 is 0 Å². The largest absolute Gasteiger partial charge is 0.449 e. The van der Waals surface area contributed by atoms with Crippen molar-refractivity contribution in [3.63, 3.8) is 0 Å². The lowest BCUT2D eigenvalue weighted by molar-refractivity contribution is -0.147. The molecule has 1 aliphatic heterocycles. The lowest BCUT2D eigenvalue weighted by Crippen LogP contribution is -2.47. The highest BCUT2D eigenvalue weighted by Gasteiger charge is 2.40. The van der Waals surface area contributed by atoms with Crippen molar-refractivity contribution in [3.8, 4) is 0 Å². The summed E-state index contributed by atoms with van der Waals surface area (Å²) >= 11 is 0. The number of fused-ring (bicyclic) bond motifs is 1. The molecule has 1 fully saturated rings. The Labute approximate surface area is 149 Å². The second-order valence-electron chi connectivity index (χ2n) is 6.63. The number of hydrogen-bond donors (Lipinski definition) is 1. The summed E-state index contributed by atoms with van der Waals surface area (Å²) in [6.45, 7) is 4.70. The first-order valence-corrected chi connectivity index (χ1v) is 8.76. The SMILES string of the molecule is CCC(C)NC(=O)N1CCC(n2c(C(F)(F)F)nc3cccnc32)CC1. The van der Waals surface area contributed by atoms with Gasteiger partial charge in [0.2, 0.25) is 5.82 Å². The number of likely N-dealkylation sites (tertiary alicyclic amines) is 1. The Hall–Kier alpha value is -2.32. The van der Waals surface area contributed by atoms with Crippen molar-refractivity contribution in [2.45, 2.75) is 51.4 Å². The number of halogens is 3. The van der Waals surface area contributed by atoms with Gasteiger partial charge in [-0.15, -0.1) is 0 Å². The molecule has 1 unspecified atom stereocenters. The summed E-state index contributed by atoms with van der Waals surface area (Å²) in [7, 11) is 0. The third-order valence-corrected chi connectivity index (χ3v) is 4.80. The van der Waals surface area contributed by atoms with Gasteiger partial charge in [0.05, 0.1) is 0 Å². The molecule has 1 N–H and O–H groups in total. The highest BCUT2D eigenvalue weighted by molar-refractivity contribution is 5.74. The van der Waals surface area contributed by atoms with Crippen LogP contribution in [-0.4, -0.2) is 44.6 Å². The molecule has 6 nitrogen and oxygen atoms in total. The Bertz CT molecular complexity index is 780. The normalized spacial score (nSPS) is 17.5. The molecule has 3 rings (SSSR count). The van der Waals surface area contributed by atoms with E-state index in [2.05, 4.69) is 15.3 Å². The maximum atomic E-state index is 13.4. The average molecular weight is 369 g/mol. The number of nitrogens with zero attached hydrogens (tertiary/aromatic N) is 4. The molecule has 0 spiro atoms. The van der Waals surface area contributed by atoms with Crippen LogP contribution >= 0.6 is 0 Å². The van der Waals surface area contributed by atoms with Gasteiger partial charge in [-0.2, -0.15) is 13.2 Å². The smallest absolute Gasteiger partial charge is 0.336 e. The van der Waals surface area contributed by atoms with Crippen molar-refractivity contribution in [3.05, 3.63) is 24.2 Å². The molecule has 3 heterocycles. The van der Waals surface area contributed by atoms with E-state index in [4.69, 9.17) is 0 Å². The quantitative estimate of drug-likeness (QED) is 0.899. The molecular weight excluding hydrogens is 347 g/mol. The molecule has 0 saturated carbocycles. The number of carbonyl (C=O) groups is 1. The molecule has 0 radical (unpaired) electrons. The van der Waals surface area contributed by atoms with E-state index in [0.717, 1.165) is 6.42 Å². The summed E-state index contributed by atoms with van der Waals surface area (Å²) in [6, 6.07) is 2.62. The molecule has 0 bridgehead atoms. The number of urea groups is 1. The summed E-state index contributed by atoms with van der Waals surface area (Å²) < 4.78 is 41.5. The van der Waals surface area contributed by atoms with Gasteiger partial charge in [-0.1, -0.05) is 6.92 Å². The molecule has 9 heteroatoms. The van der Waals surface area contributed by atoms with Gasteiger partial charge in [0.15, 0.2) is 5.65 Å². The van der Waals surface area contributed by atoms with E-state index in [1.807, 2.05) is 13.8 Å². The van der Waals surface area contributed by atoms with Crippen LogP contribution in [0.4, 0.5) is 18.0 Å². The van der Waals surface area contributed by atoms with Crippen LogP contribution < -0.4 is 5.32 Å². The fourth-order valence-corrected chi connectivity index (χ4v) is 3.21. The number of amides is 2. The van der Waals surface area contributed by atoms with Crippen molar-refractivity contribution < 1.29 is 18.0 Å². The Balaban J connectivity index is 1.80. The van der Waals surface area contributed by atoms with Gasteiger partial charge in [0.25, 0.3) is 0 Å². The highest BCUT2D eigenvalue weighted by atomic mass is 19.4. The van der Waals surface area contributed by atoms with Gasteiger partial charge >= 0.3 is 12.2 Å². The first kappa shape index (κ1) is 18.5. The van der Waals surface area contributed by atoms with Crippen LogP contribution in [0, 0.1) is 0 Å². The minimum atomic E-state index is -4.55. The molecule has 0 aromatic carbocycles. The van der Waals surface area contributed by atoms with Crippen molar-refractivity contribution in [1.29, 1.82) is 0 Å². The first-order chi connectivity index (χ1) is 12.3. The number of pyridine rings is 1. The predicted molar refractivity (Wildman–Crippen MR) is 90.7 cm³/mol. The van der Waals surface area contributed by atoms with Crippen LogP contribution in [0.2, 0.25) is 0 Å². The summed E-state index contributed by atoms with van der Waals surface area (Å²) in [4.78, 5) is 21.7. The molecule has 1 saturated heterocycles. The second kappa shape index (κ2) is 7.13. The molecule has 2 aromatic heterocycles. The molecule has 142 valence electrons. The Kier molecular flexibility index (Phi) is 5.06. The zero-order chi connectivity index (χ0) is 18.9. The fraction of sp³-hybridized carbons (Fsp3) is 0.588. The summed E-state index contributed by atoms with van der Waals surface area (Å²) in [5, 5.41) is 2.89. The summed E-state index contributed by atoms with van der Waals surface area (Å²) in [5.41, 5.74) is 0.471. The van der Waals surface area contributed by atoms with Gasteiger partial charge < -0.3 is 14.8 Å². The number of piperidine rings is 1. The maximum Gasteiger partial charge on any atom is 0.449 e. The highest BCUT2D eigenvalue weighted by Crippen LogP contribution is 2.36. The fourth-order valence-electron chi connectivity index (χ4n) is 3.21. The standard InChI is InChI=1S/C17H22F3N5O/c1-3-11(2)22-16(26)24-9-6-12(7-10-24)25-14-13(5-4-8-21-14)23-15(25)17(18,19)20/h4-5,8,11-12H,3,6-7,9-10H2,1-2H3,(H,22,26). The molecular formula is C17H22F3N5O. The van der Waals surface area contributed by atoms with Crippen molar-refractivity contribution in [1.82, 2.24) is 24.8 Å². The van der Waals surface area contributed by atoms with Crippen molar-refractivity contribution >= 4 is 17.2 Å². The number of aromatic nitrogens is 3. The Morgan fingerprint density at radius 2 is 2.08 bits per heavy atom. The minimum Gasteiger partial charge on any atom is -0.336 e. The molecule has 2 amide bonds. The lowest BCUT2D eigenvalue weighted by Gasteiger charge is -2.34. The number of hydrogen-bond acceptors (Lipinski definition) is 3. The number of carbonyl (C=O) groups excluding carboxylic acids is 1. The minimum absolute atomic E-state index is 0.0684. The van der Waals surface area contributed by atoms with Crippen molar-refractivity contribution in [2.75, 3.05) is 13.1 Å². The average Bonchev–Trinajstić information content (AvgIpc) is 3.01. The monoisotopic (exact) mass is 369 g/mol. The van der Waals surface area contributed by atoms with Crippen LogP contribution in [-0.2, 0) is 6.18 Å². The number of nitrogens with one attached hydrogen (secondary N) is 1. The number of imidazole rings is 1. The van der Waals surface area contributed by atoms with Crippen LogP contribution in [0.5, 0.6) is 0 Å². The third kappa shape index (κ3) is 3.61. The van der Waals surface area contributed by atoms with E-state index in [1.54, 1.807) is 11.0 Å². The van der Waals surface area contributed by atoms with E-state index in [9.17, 15) is 18.0 Å². The second-order valence-corrected chi connectivity index (χ2v) is 6.63. The number of alkyl halides is 3. The Morgan fingerprint density at radius 1 is 1.38 bits per heavy atom. The van der Waals surface area contributed by atoms with E-state index in [0.29, 0.717) is 25.9 Å². The number of rotatable bonds is 3. The molecule has 1 atom stereocenters. The Morgan fingerprint density at radius 3 is 2.69 bits per heavy atom. The first-order valence-electron chi connectivity index (χ1n) is 8.76. The van der Waals surface area contributed by atoms with Gasteiger partial charge in [-0.25, -0.2) is 14.8 Å². The zero-order valence-electron chi connectivity index (χ0n) is 14.8. The van der Waals surface area contributed by atoms with Gasteiger partial charge in [-0.05, 0) is 38.3 Å². The molecule has 26 heavy (non-hydrogen) atoms. The summed E-state index contributed by atoms with van der Waals surface area (Å²) in [5.74, 6) is -0.922. The van der Waals surface area contributed by atoms with E-state index < -0.39 is 12.0 Å². The topological polar surface area (TPSA) is 63.1 Å². The third-order valence-electron chi connectivity index (χ3n) is 4.80. The maximum absolute atomic E-state index is 13.4. The van der Waals surface area contributed by atoms with E-state index in [-0.39, 0.29) is 29.3 Å². The molecule has 0 aliphatic carbocycles. The zero-order valence-corrected chi connectivity index (χ0v) is 14.8. The lowest BCUT2D eigenvalue weighted by atomic mass is 10.0. The van der Waals surface area contributed by atoms with Crippen LogP contribution in [0.15, 0.2) is 18.3 Å². The molecule has 1 aliphatic rings. The molecule has 2 aromatic rings. The van der Waals surface area contributed by atoms with Gasteiger partial charge in [-0.3, -0.25) is 0 Å². The van der Waals surface area contributed by atoms with Crippen molar-refractivity contribution in [2.24, 2.45) is 0 Å². The summed E-state index contributed by atoms with van der Waals surface area (Å²) in [6.07, 6.45) is -1.40. The van der Waals surface area contributed by atoms with Gasteiger partial charge in [0.1, 0.15) is 5.52 Å². The van der Waals surface area contributed by atoms with Crippen LogP contribution in [0.25, 0.3) is 11.2 Å². The van der Waals surface area contributed by atoms with E-state index in [1.165, 1.54) is 16.8 Å². The van der Waals surface area contributed by atoms with Crippen LogP contribution in [0.1, 0.15) is 45.0 Å². The van der Waals surface area contributed by atoms with Gasteiger partial charge in [0, 0.05) is 31.4 Å². The van der Waals surface area contributed by atoms with Crippen LogP contribution in [0.3, 0.4) is 0 Å². The predicted octanol–water partition coefficient (Wildman–Crippen LogP) is 3.60.